The third-order valence-electron chi connectivity index (χ3n) is 8.48. The van der Waals surface area contributed by atoms with Gasteiger partial charge < -0.3 is 5.11 Å². The van der Waals surface area contributed by atoms with Gasteiger partial charge in [0.2, 0.25) is 0 Å². The van der Waals surface area contributed by atoms with Crippen molar-refractivity contribution in [2.45, 2.75) is 111 Å². The molecule has 0 spiro atoms. The quantitative estimate of drug-likeness (QED) is 0.496. The highest BCUT2D eigenvalue weighted by atomic mass is 16.3. The van der Waals surface area contributed by atoms with E-state index in [0.717, 1.165) is 36.5 Å². The predicted molar refractivity (Wildman–Crippen MR) is 121 cm³/mol. The highest BCUT2D eigenvalue weighted by Gasteiger charge is 2.50. The normalized spacial score (nSPS) is 40.2. The Morgan fingerprint density at radius 1 is 1.11 bits per heavy atom. The van der Waals surface area contributed by atoms with E-state index in [-0.39, 0.29) is 6.10 Å². The van der Waals surface area contributed by atoms with E-state index in [1.807, 2.05) is 0 Å². The molecule has 1 N–H and O–H groups in total. The van der Waals surface area contributed by atoms with E-state index in [9.17, 15) is 5.11 Å². The second-order valence-corrected chi connectivity index (χ2v) is 11.4. The minimum Gasteiger partial charge on any atom is -0.393 e. The maximum Gasteiger partial charge on any atom is 0.0580 e. The summed E-state index contributed by atoms with van der Waals surface area (Å²) in [7, 11) is 0. The van der Waals surface area contributed by atoms with E-state index in [4.69, 9.17) is 0 Å². The van der Waals surface area contributed by atoms with E-state index in [1.54, 1.807) is 5.57 Å². The summed E-state index contributed by atoms with van der Waals surface area (Å²) in [5.41, 5.74) is 3.73. The second kappa shape index (κ2) is 9.50. The number of aliphatic hydroxyl groups is 1. The molecule has 1 nitrogen and oxygen atoms in total. The van der Waals surface area contributed by atoms with Gasteiger partial charge in [-0.3, -0.25) is 0 Å². The van der Waals surface area contributed by atoms with Crippen molar-refractivity contribution in [3.05, 3.63) is 23.3 Å². The Morgan fingerprint density at radius 2 is 1.89 bits per heavy atom. The van der Waals surface area contributed by atoms with Crippen molar-refractivity contribution in [1.29, 1.82) is 0 Å². The summed E-state index contributed by atoms with van der Waals surface area (Å²) >= 11 is 0. The summed E-state index contributed by atoms with van der Waals surface area (Å²) in [6, 6.07) is 0. The van der Waals surface area contributed by atoms with E-state index in [2.05, 4.69) is 46.8 Å². The molecular weight excluding hydrogens is 340 g/mol. The third-order valence-corrected chi connectivity index (χ3v) is 8.48. The molecule has 6 atom stereocenters. The Morgan fingerprint density at radius 3 is 2.61 bits per heavy atom. The number of fused-ring (bicyclic) bond motifs is 1. The molecule has 1 heteroatoms. The van der Waals surface area contributed by atoms with Crippen molar-refractivity contribution in [3.8, 4) is 0 Å². The van der Waals surface area contributed by atoms with E-state index in [0.29, 0.717) is 11.3 Å². The molecule has 0 bridgehead atoms. The molecular formula is C27H46O. The molecule has 0 aliphatic heterocycles. The molecule has 0 amide bonds. The van der Waals surface area contributed by atoms with Crippen LogP contribution in [0.5, 0.6) is 0 Å². The summed E-state index contributed by atoms with van der Waals surface area (Å²) in [5, 5.41) is 10.1. The van der Waals surface area contributed by atoms with Gasteiger partial charge in [0.25, 0.3) is 0 Å². The van der Waals surface area contributed by atoms with E-state index >= 15 is 0 Å². The number of hydrogen-bond donors (Lipinski definition) is 1. The molecule has 3 fully saturated rings. The first kappa shape index (κ1) is 22.1. The largest absolute Gasteiger partial charge is 0.393 e. The fraction of sp³-hybridized carbons (Fsp3) is 0.852. The molecule has 3 aliphatic rings. The third kappa shape index (κ3) is 5.13. The van der Waals surface area contributed by atoms with Gasteiger partial charge in [0.15, 0.2) is 0 Å². The van der Waals surface area contributed by atoms with Crippen LogP contribution in [0.15, 0.2) is 23.3 Å². The smallest absolute Gasteiger partial charge is 0.0580 e. The van der Waals surface area contributed by atoms with Gasteiger partial charge in [-0.2, -0.15) is 0 Å². The van der Waals surface area contributed by atoms with Gasteiger partial charge in [0, 0.05) is 0 Å². The van der Waals surface area contributed by atoms with Crippen LogP contribution in [0.1, 0.15) is 105 Å². The molecule has 3 rings (SSSR count). The Hall–Kier alpha value is -0.560. The number of hydrogen-bond acceptors (Lipinski definition) is 1. The topological polar surface area (TPSA) is 20.2 Å². The van der Waals surface area contributed by atoms with Crippen LogP contribution in [-0.2, 0) is 0 Å². The zero-order chi connectivity index (χ0) is 20.3. The number of allylic oxidation sites excluding steroid dienone is 3. The van der Waals surface area contributed by atoms with Gasteiger partial charge >= 0.3 is 0 Å². The lowest BCUT2D eigenvalue weighted by molar-refractivity contribution is 0.0928. The summed E-state index contributed by atoms with van der Waals surface area (Å²) in [4.78, 5) is 0. The van der Waals surface area contributed by atoms with Crippen molar-refractivity contribution in [2.24, 2.45) is 35.0 Å². The van der Waals surface area contributed by atoms with Crippen LogP contribution in [0.4, 0.5) is 0 Å². The molecule has 0 aromatic rings. The van der Waals surface area contributed by atoms with Gasteiger partial charge in [-0.1, -0.05) is 77.2 Å². The first-order valence-electron chi connectivity index (χ1n) is 12.4. The molecule has 0 heterocycles. The van der Waals surface area contributed by atoms with Crippen LogP contribution in [0.2, 0.25) is 0 Å². The first-order valence-corrected chi connectivity index (χ1v) is 12.4. The molecule has 3 aliphatic carbocycles. The average Bonchev–Trinajstić information content (AvgIpc) is 2.96. The van der Waals surface area contributed by atoms with Gasteiger partial charge in [0.05, 0.1) is 6.10 Å². The fourth-order valence-corrected chi connectivity index (χ4v) is 7.09. The minimum atomic E-state index is -0.118. The van der Waals surface area contributed by atoms with Crippen LogP contribution in [0, 0.1) is 35.0 Å². The van der Waals surface area contributed by atoms with Gasteiger partial charge in [-0.25, -0.2) is 0 Å². The second-order valence-electron chi connectivity index (χ2n) is 11.4. The van der Waals surface area contributed by atoms with Gasteiger partial charge in [-0.15, -0.1) is 0 Å². The van der Waals surface area contributed by atoms with Gasteiger partial charge in [0.1, 0.15) is 0 Å². The highest BCUT2D eigenvalue weighted by molar-refractivity contribution is 5.26. The van der Waals surface area contributed by atoms with Crippen LogP contribution in [0.3, 0.4) is 0 Å². The van der Waals surface area contributed by atoms with Crippen molar-refractivity contribution in [2.75, 3.05) is 0 Å². The SMILES string of the molecule is CC(C)CCC[C@H](C)C1CCC2/C(=C/C=C3/C[C@@H](C)C[C@H](O)C3)CCC[C@@]21C. The first-order chi connectivity index (χ1) is 13.3. The molecule has 0 saturated heterocycles. The van der Waals surface area contributed by atoms with Crippen LogP contribution in [-0.4, -0.2) is 11.2 Å². The number of aliphatic hydroxyl groups excluding tert-OH is 1. The van der Waals surface area contributed by atoms with E-state index in [1.165, 1.54) is 63.4 Å². The maximum absolute atomic E-state index is 10.1. The molecule has 0 aromatic heterocycles. The monoisotopic (exact) mass is 386 g/mol. The molecule has 28 heavy (non-hydrogen) atoms. The standard InChI is InChI=1S/C27H46O/c1-19(2)8-6-9-21(4)25-13-14-26-23(10-7-15-27(25,26)5)12-11-22-16-20(3)17-24(28)18-22/h11-12,19-21,24-26,28H,6-10,13-18H2,1-5H3/b22-11-,23-12+/t20-,21+,24+,25?,26?,27-/m1/s1. The van der Waals surface area contributed by atoms with E-state index < -0.39 is 0 Å². The zero-order valence-electron chi connectivity index (χ0n) is 19.3. The highest BCUT2D eigenvalue weighted by Crippen LogP contribution is 2.59. The molecule has 0 radical (unpaired) electrons. The number of rotatable bonds is 6. The Balaban J connectivity index is 1.67. The molecule has 0 aromatic carbocycles. The van der Waals surface area contributed by atoms with Crippen molar-refractivity contribution in [3.63, 3.8) is 0 Å². The lowest BCUT2D eigenvalue weighted by atomic mass is 9.60. The van der Waals surface area contributed by atoms with Crippen molar-refractivity contribution in [1.82, 2.24) is 0 Å². The summed E-state index contributed by atoms with van der Waals surface area (Å²) in [6.45, 7) is 12.2. The van der Waals surface area contributed by atoms with Crippen molar-refractivity contribution < 1.29 is 5.11 Å². The van der Waals surface area contributed by atoms with Crippen molar-refractivity contribution >= 4 is 0 Å². The Labute approximate surface area is 175 Å². The maximum atomic E-state index is 10.1. The summed E-state index contributed by atoms with van der Waals surface area (Å²) < 4.78 is 0. The predicted octanol–water partition coefficient (Wildman–Crippen LogP) is 7.70. The van der Waals surface area contributed by atoms with Crippen LogP contribution >= 0.6 is 0 Å². The molecule has 2 unspecified atom stereocenters. The zero-order valence-corrected chi connectivity index (χ0v) is 19.3. The van der Waals surface area contributed by atoms with Gasteiger partial charge in [-0.05, 0) is 86.4 Å². The minimum absolute atomic E-state index is 0.118. The summed E-state index contributed by atoms with van der Waals surface area (Å²) in [6.07, 6.45) is 19.0. The Bertz CT molecular complexity index is 559. The molecule has 3 saturated carbocycles. The Kier molecular flexibility index (Phi) is 7.51. The lowest BCUT2D eigenvalue weighted by Gasteiger charge is -2.44. The lowest BCUT2D eigenvalue weighted by Crippen LogP contribution is -2.36. The van der Waals surface area contributed by atoms with Crippen LogP contribution < -0.4 is 0 Å². The van der Waals surface area contributed by atoms with Crippen LogP contribution in [0.25, 0.3) is 0 Å². The fourth-order valence-electron chi connectivity index (χ4n) is 7.09. The summed E-state index contributed by atoms with van der Waals surface area (Å²) in [5.74, 6) is 4.07. The average molecular weight is 387 g/mol. The molecule has 160 valence electrons.